The summed E-state index contributed by atoms with van der Waals surface area (Å²) in [6.07, 6.45) is 3.12. The SMILES string of the molecule is CC(O)(Cn1cc(Br)cn1)C(=O)O. The van der Waals surface area contributed by atoms with Crippen LogP contribution in [0.4, 0.5) is 0 Å². The van der Waals surface area contributed by atoms with Crippen molar-refractivity contribution in [1.82, 2.24) is 9.78 Å². The molecule has 0 spiro atoms. The summed E-state index contributed by atoms with van der Waals surface area (Å²) in [6.45, 7) is 1.15. The number of hydrogen-bond acceptors (Lipinski definition) is 3. The van der Waals surface area contributed by atoms with Gasteiger partial charge in [0.1, 0.15) is 0 Å². The van der Waals surface area contributed by atoms with Crippen molar-refractivity contribution < 1.29 is 15.0 Å². The fourth-order valence-electron chi connectivity index (χ4n) is 0.808. The van der Waals surface area contributed by atoms with Gasteiger partial charge in [-0.1, -0.05) is 0 Å². The first-order chi connectivity index (χ1) is 5.92. The maximum absolute atomic E-state index is 10.5. The van der Waals surface area contributed by atoms with E-state index >= 15 is 0 Å². The summed E-state index contributed by atoms with van der Waals surface area (Å²) < 4.78 is 2.10. The van der Waals surface area contributed by atoms with Crippen LogP contribution >= 0.6 is 15.9 Å². The number of carbonyl (C=O) groups is 1. The predicted molar refractivity (Wildman–Crippen MR) is 48.2 cm³/mol. The summed E-state index contributed by atoms with van der Waals surface area (Å²) in [6, 6.07) is 0. The first-order valence-corrected chi connectivity index (χ1v) is 4.35. The van der Waals surface area contributed by atoms with E-state index < -0.39 is 11.6 Å². The summed E-state index contributed by atoms with van der Waals surface area (Å²) >= 11 is 3.16. The number of aliphatic hydroxyl groups is 1. The highest BCUT2D eigenvalue weighted by Crippen LogP contribution is 2.11. The Balaban J connectivity index is 2.74. The number of carboxylic acid groups (broad SMARTS) is 1. The van der Waals surface area contributed by atoms with Gasteiger partial charge in [-0.3, -0.25) is 4.68 Å². The molecule has 6 heteroatoms. The van der Waals surface area contributed by atoms with Gasteiger partial charge in [-0.2, -0.15) is 5.10 Å². The summed E-state index contributed by atoms with van der Waals surface area (Å²) in [5.74, 6) is -1.26. The smallest absolute Gasteiger partial charge is 0.337 e. The van der Waals surface area contributed by atoms with Crippen molar-refractivity contribution in [2.24, 2.45) is 0 Å². The second-order valence-electron chi connectivity index (χ2n) is 2.94. The highest BCUT2D eigenvalue weighted by atomic mass is 79.9. The Kier molecular flexibility index (Phi) is 2.72. The molecule has 1 aromatic rings. The van der Waals surface area contributed by atoms with Crippen LogP contribution in [0, 0.1) is 0 Å². The maximum Gasteiger partial charge on any atom is 0.337 e. The molecule has 0 radical (unpaired) electrons. The molecule has 72 valence electrons. The van der Waals surface area contributed by atoms with Crippen molar-refractivity contribution in [3.05, 3.63) is 16.9 Å². The molecule has 5 nitrogen and oxygen atoms in total. The van der Waals surface area contributed by atoms with Crippen molar-refractivity contribution in [3.63, 3.8) is 0 Å². The molecule has 1 unspecified atom stereocenters. The van der Waals surface area contributed by atoms with Gasteiger partial charge in [-0.15, -0.1) is 0 Å². The number of hydrogen-bond donors (Lipinski definition) is 2. The predicted octanol–water partition coefficient (Wildman–Crippen LogP) is 0.481. The first kappa shape index (κ1) is 10.2. The van der Waals surface area contributed by atoms with Crippen LogP contribution in [0.2, 0.25) is 0 Å². The minimum atomic E-state index is -1.79. The van der Waals surface area contributed by atoms with Crippen molar-refractivity contribution in [2.45, 2.75) is 19.1 Å². The Bertz CT molecular complexity index is 321. The van der Waals surface area contributed by atoms with E-state index in [4.69, 9.17) is 5.11 Å². The number of halogens is 1. The van der Waals surface area contributed by atoms with E-state index in [9.17, 15) is 9.90 Å². The minimum Gasteiger partial charge on any atom is -0.479 e. The molecule has 13 heavy (non-hydrogen) atoms. The van der Waals surface area contributed by atoms with Crippen LogP contribution in [0.5, 0.6) is 0 Å². The van der Waals surface area contributed by atoms with Gasteiger partial charge in [0.25, 0.3) is 0 Å². The van der Waals surface area contributed by atoms with Gasteiger partial charge < -0.3 is 10.2 Å². The first-order valence-electron chi connectivity index (χ1n) is 3.55. The average molecular weight is 249 g/mol. The molecule has 0 aromatic carbocycles. The lowest BCUT2D eigenvalue weighted by Crippen LogP contribution is -2.39. The third-order valence-corrected chi connectivity index (χ3v) is 1.94. The zero-order chi connectivity index (χ0) is 10.1. The second kappa shape index (κ2) is 3.47. The van der Waals surface area contributed by atoms with E-state index in [0.717, 1.165) is 4.47 Å². The van der Waals surface area contributed by atoms with E-state index in [1.54, 1.807) is 6.20 Å². The summed E-state index contributed by atoms with van der Waals surface area (Å²) in [4.78, 5) is 10.5. The van der Waals surface area contributed by atoms with Gasteiger partial charge >= 0.3 is 5.97 Å². The Morgan fingerprint density at radius 2 is 2.46 bits per heavy atom. The Morgan fingerprint density at radius 3 is 2.85 bits per heavy atom. The topological polar surface area (TPSA) is 75.3 Å². The number of carboxylic acids is 1. The van der Waals surface area contributed by atoms with E-state index in [2.05, 4.69) is 21.0 Å². The minimum absolute atomic E-state index is 0.0755. The molecule has 0 aliphatic rings. The number of rotatable bonds is 3. The lowest BCUT2D eigenvalue weighted by Gasteiger charge is -2.17. The van der Waals surface area contributed by atoms with Gasteiger partial charge in [0, 0.05) is 6.20 Å². The van der Waals surface area contributed by atoms with Crippen LogP contribution in [0.1, 0.15) is 6.92 Å². The van der Waals surface area contributed by atoms with Crippen molar-refractivity contribution in [2.75, 3.05) is 0 Å². The number of aliphatic carboxylic acids is 1. The third kappa shape index (κ3) is 2.53. The molecule has 1 aromatic heterocycles. The van der Waals surface area contributed by atoms with Crippen LogP contribution in [0.25, 0.3) is 0 Å². The molecule has 0 saturated carbocycles. The van der Waals surface area contributed by atoms with Gasteiger partial charge in [-0.25, -0.2) is 4.79 Å². The highest BCUT2D eigenvalue weighted by molar-refractivity contribution is 9.10. The van der Waals surface area contributed by atoms with E-state index in [0.29, 0.717) is 0 Å². The Morgan fingerprint density at radius 1 is 1.85 bits per heavy atom. The molecule has 0 aliphatic heterocycles. The zero-order valence-corrected chi connectivity index (χ0v) is 8.52. The van der Waals surface area contributed by atoms with Crippen LogP contribution in [0.15, 0.2) is 16.9 Å². The van der Waals surface area contributed by atoms with Crippen molar-refractivity contribution >= 4 is 21.9 Å². The van der Waals surface area contributed by atoms with Crippen LogP contribution < -0.4 is 0 Å². The maximum atomic E-state index is 10.5. The molecule has 0 aliphatic carbocycles. The van der Waals surface area contributed by atoms with Gasteiger partial charge in [-0.05, 0) is 22.9 Å². The van der Waals surface area contributed by atoms with Crippen molar-refractivity contribution in [1.29, 1.82) is 0 Å². The third-order valence-electron chi connectivity index (χ3n) is 1.53. The van der Waals surface area contributed by atoms with Gasteiger partial charge in [0.15, 0.2) is 5.60 Å². The van der Waals surface area contributed by atoms with Gasteiger partial charge in [0.2, 0.25) is 0 Å². The largest absolute Gasteiger partial charge is 0.479 e. The standard InChI is InChI=1S/C7H9BrN2O3/c1-7(13,6(11)12)4-10-3-5(8)2-9-10/h2-3,13H,4H2,1H3,(H,11,12). The Hall–Kier alpha value is -0.880. The summed E-state index contributed by atoms with van der Waals surface area (Å²) in [5, 5.41) is 21.8. The lowest BCUT2D eigenvalue weighted by atomic mass is 10.1. The van der Waals surface area contributed by atoms with E-state index in [1.807, 2.05) is 0 Å². The molecule has 0 fully saturated rings. The fourth-order valence-corrected chi connectivity index (χ4v) is 1.14. The fraction of sp³-hybridized carbons (Fsp3) is 0.429. The van der Waals surface area contributed by atoms with E-state index in [1.165, 1.54) is 17.8 Å². The Labute approximate surface area is 83.1 Å². The second-order valence-corrected chi connectivity index (χ2v) is 3.85. The van der Waals surface area contributed by atoms with Gasteiger partial charge in [0.05, 0.1) is 17.2 Å². The average Bonchev–Trinajstić information content (AvgIpc) is 2.34. The molecule has 0 bridgehead atoms. The molecular weight excluding hydrogens is 240 g/mol. The van der Waals surface area contributed by atoms with Crippen LogP contribution in [-0.4, -0.2) is 31.6 Å². The number of nitrogens with zero attached hydrogens (tertiary/aromatic N) is 2. The number of aromatic nitrogens is 2. The lowest BCUT2D eigenvalue weighted by molar-refractivity contribution is -0.158. The molecule has 1 heterocycles. The molecular formula is C7H9BrN2O3. The molecule has 0 saturated heterocycles. The quantitative estimate of drug-likeness (QED) is 0.816. The monoisotopic (exact) mass is 248 g/mol. The summed E-state index contributed by atoms with van der Waals surface area (Å²) in [7, 11) is 0. The molecule has 1 rings (SSSR count). The normalized spacial score (nSPS) is 15.3. The molecule has 0 amide bonds. The van der Waals surface area contributed by atoms with Crippen LogP contribution in [0.3, 0.4) is 0 Å². The summed E-state index contributed by atoms with van der Waals surface area (Å²) in [5.41, 5.74) is -1.79. The molecule has 2 N–H and O–H groups in total. The molecule has 1 atom stereocenters. The van der Waals surface area contributed by atoms with Crippen LogP contribution in [-0.2, 0) is 11.3 Å². The highest BCUT2D eigenvalue weighted by Gasteiger charge is 2.30. The van der Waals surface area contributed by atoms with E-state index in [-0.39, 0.29) is 6.54 Å². The van der Waals surface area contributed by atoms with Crippen molar-refractivity contribution in [3.8, 4) is 0 Å². The zero-order valence-electron chi connectivity index (χ0n) is 6.94.